The number of nitrogens with one attached hydrogen (secondary N) is 1. The number of cyclic esters (lactones) is 1. The van der Waals surface area contributed by atoms with E-state index in [0.717, 1.165) is 11.3 Å². The highest BCUT2D eigenvalue weighted by atomic mass is 16.6. The van der Waals surface area contributed by atoms with E-state index in [1.165, 1.54) is 0 Å². The Morgan fingerprint density at radius 3 is 2.55 bits per heavy atom. The van der Waals surface area contributed by atoms with Crippen LogP contribution in [0, 0.1) is 11.8 Å². The summed E-state index contributed by atoms with van der Waals surface area (Å²) in [7, 11) is 0. The van der Waals surface area contributed by atoms with E-state index in [-0.39, 0.29) is 24.1 Å². The molecule has 1 aliphatic rings. The predicted molar refractivity (Wildman–Crippen MR) is 113 cm³/mol. The van der Waals surface area contributed by atoms with Crippen LogP contribution in [0.3, 0.4) is 0 Å². The number of ether oxygens (including phenoxy) is 2. The molecule has 0 bridgehead atoms. The SMILES string of the molecule is CC(C)COc1ccc([C@H](C)Nc2nccc(N3C(=O)OC[C@@H]3C(C)C)n2)cc1. The molecule has 156 valence electrons. The summed E-state index contributed by atoms with van der Waals surface area (Å²) >= 11 is 0. The Hall–Kier alpha value is -2.83. The molecule has 7 heteroatoms. The Kier molecular flexibility index (Phi) is 6.56. The highest BCUT2D eigenvalue weighted by molar-refractivity contribution is 5.89. The van der Waals surface area contributed by atoms with Gasteiger partial charge in [-0.05, 0) is 42.5 Å². The van der Waals surface area contributed by atoms with Gasteiger partial charge in [0, 0.05) is 6.20 Å². The van der Waals surface area contributed by atoms with Gasteiger partial charge in [0.05, 0.1) is 18.7 Å². The maximum atomic E-state index is 12.2. The first-order chi connectivity index (χ1) is 13.8. The van der Waals surface area contributed by atoms with Crippen LogP contribution in [0.5, 0.6) is 5.75 Å². The fourth-order valence-electron chi connectivity index (χ4n) is 3.14. The van der Waals surface area contributed by atoms with Crippen LogP contribution in [0.15, 0.2) is 36.5 Å². The molecule has 0 unspecified atom stereocenters. The number of amides is 1. The second-order valence-corrected chi connectivity index (χ2v) is 8.14. The largest absolute Gasteiger partial charge is 0.493 e. The number of benzene rings is 1. The smallest absolute Gasteiger partial charge is 0.415 e. The fourth-order valence-corrected chi connectivity index (χ4v) is 3.14. The van der Waals surface area contributed by atoms with Gasteiger partial charge in [0.25, 0.3) is 0 Å². The Labute approximate surface area is 172 Å². The van der Waals surface area contributed by atoms with Crippen LogP contribution >= 0.6 is 0 Å². The zero-order valence-corrected chi connectivity index (χ0v) is 17.8. The van der Waals surface area contributed by atoms with E-state index in [9.17, 15) is 4.79 Å². The number of carbonyl (C=O) groups excluding carboxylic acids is 1. The van der Waals surface area contributed by atoms with E-state index >= 15 is 0 Å². The van der Waals surface area contributed by atoms with Crippen LogP contribution in [0.25, 0.3) is 0 Å². The number of nitrogens with zero attached hydrogens (tertiary/aromatic N) is 3. The van der Waals surface area contributed by atoms with E-state index in [1.807, 2.05) is 31.2 Å². The van der Waals surface area contributed by atoms with Gasteiger partial charge in [-0.1, -0.05) is 39.8 Å². The van der Waals surface area contributed by atoms with Crippen molar-refractivity contribution in [3.8, 4) is 5.75 Å². The molecule has 0 aliphatic carbocycles. The average molecular weight is 399 g/mol. The van der Waals surface area contributed by atoms with Gasteiger partial charge in [-0.2, -0.15) is 4.98 Å². The van der Waals surface area contributed by atoms with Crippen LogP contribution in [0.4, 0.5) is 16.6 Å². The number of hydrogen-bond donors (Lipinski definition) is 1. The molecule has 1 fully saturated rings. The third-order valence-corrected chi connectivity index (χ3v) is 4.87. The Morgan fingerprint density at radius 2 is 1.90 bits per heavy atom. The lowest BCUT2D eigenvalue weighted by Crippen LogP contribution is -2.37. The summed E-state index contributed by atoms with van der Waals surface area (Å²) in [4.78, 5) is 22.7. The van der Waals surface area contributed by atoms with E-state index < -0.39 is 0 Å². The van der Waals surface area contributed by atoms with Crippen molar-refractivity contribution in [2.24, 2.45) is 11.8 Å². The second kappa shape index (κ2) is 9.11. The van der Waals surface area contributed by atoms with Crippen molar-refractivity contribution in [3.05, 3.63) is 42.1 Å². The molecule has 3 rings (SSSR count). The third kappa shape index (κ3) is 5.16. The first-order valence-electron chi connectivity index (χ1n) is 10.1. The molecule has 0 spiro atoms. The molecule has 1 amide bonds. The van der Waals surface area contributed by atoms with Gasteiger partial charge in [0.2, 0.25) is 5.95 Å². The van der Waals surface area contributed by atoms with Crippen LogP contribution in [0.1, 0.15) is 46.2 Å². The van der Waals surface area contributed by atoms with Crippen molar-refractivity contribution in [2.45, 2.75) is 46.7 Å². The number of rotatable bonds is 8. The Balaban J connectivity index is 1.69. The molecule has 1 aromatic heterocycles. The summed E-state index contributed by atoms with van der Waals surface area (Å²) < 4.78 is 11.0. The molecular formula is C22H30N4O3. The van der Waals surface area contributed by atoms with Gasteiger partial charge >= 0.3 is 6.09 Å². The minimum Gasteiger partial charge on any atom is -0.493 e. The molecule has 1 saturated heterocycles. The van der Waals surface area contributed by atoms with Crippen molar-refractivity contribution in [2.75, 3.05) is 23.4 Å². The Bertz CT molecular complexity index is 823. The summed E-state index contributed by atoms with van der Waals surface area (Å²) in [6.45, 7) is 11.5. The number of hydrogen-bond acceptors (Lipinski definition) is 6. The average Bonchev–Trinajstić information content (AvgIpc) is 3.08. The molecule has 1 N–H and O–H groups in total. The zero-order chi connectivity index (χ0) is 21.0. The summed E-state index contributed by atoms with van der Waals surface area (Å²) in [5.74, 6) is 2.64. The molecule has 2 aromatic rings. The number of carbonyl (C=O) groups is 1. The lowest BCUT2D eigenvalue weighted by molar-refractivity contribution is 0.177. The van der Waals surface area contributed by atoms with Crippen molar-refractivity contribution in [1.82, 2.24) is 9.97 Å². The van der Waals surface area contributed by atoms with Crippen molar-refractivity contribution in [3.63, 3.8) is 0 Å². The van der Waals surface area contributed by atoms with Crippen LogP contribution < -0.4 is 15.0 Å². The van der Waals surface area contributed by atoms with Gasteiger partial charge in [-0.3, -0.25) is 4.90 Å². The molecule has 7 nitrogen and oxygen atoms in total. The summed E-state index contributed by atoms with van der Waals surface area (Å²) in [5, 5.41) is 3.31. The second-order valence-electron chi connectivity index (χ2n) is 8.14. The molecule has 0 radical (unpaired) electrons. The Morgan fingerprint density at radius 1 is 1.17 bits per heavy atom. The predicted octanol–water partition coefficient (Wildman–Crippen LogP) is 4.67. The standard InChI is InChI=1S/C22H30N4O3/c1-14(2)12-28-18-8-6-17(7-9-18)16(5)24-21-23-11-10-20(25-21)26-19(15(3)4)13-29-22(26)27/h6-11,14-16,19H,12-13H2,1-5H3,(H,23,24,25)/t16-,19+/m0/s1. The normalized spacial score (nSPS) is 17.6. The summed E-state index contributed by atoms with van der Waals surface area (Å²) in [6.07, 6.45) is 1.29. The summed E-state index contributed by atoms with van der Waals surface area (Å²) in [6, 6.07) is 9.71. The topological polar surface area (TPSA) is 76.6 Å². The molecule has 1 aliphatic heterocycles. The van der Waals surface area contributed by atoms with Crippen molar-refractivity contribution >= 4 is 17.9 Å². The highest BCUT2D eigenvalue weighted by Gasteiger charge is 2.37. The van der Waals surface area contributed by atoms with Gasteiger partial charge in [-0.15, -0.1) is 0 Å². The van der Waals surface area contributed by atoms with Crippen molar-refractivity contribution in [1.29, 1.82) is 0 Å². The lowest BCUT2D eigenvalue weighted by atomic mass is 10.0. The van der Waals surface area contributed by atoms with Gasteiger partial charge < -0.3 is 14.8 Å². The van der Waals surface area contributed by atoms with Crippen molar-refractivity contribution < 1.29 is 14.3 Å². The van der Waals surface area contributed by atoms with E-state index in [2.05, 4.69) is 43.0 Å². The first kappa shape index (κ1) is 20.9. The van der Waals surface area contributed by atoms with Crippen LogP contribution in [0.2, 0.25) is 0 Å². The van der Waals surface area contributed by atoms with E-state index in [4.69, 9.17) is 9.47 Å². The summed E-state index contributed by atoms with van der Waals surface area (Å²) in [5.41, 5.74) is 1.09. The molecule has 1 aromatic carbocycles. The minimum atomic E-state index is -0.363. The molecule has 2 heterocycles. The maximum Gasteiger partial charge on any atom is 0.415 e. The van der Waals surface area contributed by atoms with E-state index in [1.54, 1.807) is 17.2 Å². The molecule has 2 atom stereocenters. The van der Waals surface area contributed by atoms with Gasteiger partial charge in [0.15, 0.2) is 0 Å². The maximum absolute atomic E-state index is 12.2. The number of aromatic nitrogens is 2. The van der Waals surface area contributed by atoms with Gasteiger partial charge in [0.1, 0.15) is 18.2 Å². The number of anilines is 2. The quantitative estimate of drug-likeness (QED) is 0.697. The molecule has 0 saturated carbocycles. The highest BCUT2D eigenvalue weighted by Crippen LogP contribution is 2.27. The first-order valence-corrected chi connectivity index (χ1v) is 10.1. The van der Waals surface area contributed by atoms with Crippen LogP contribution in [-0.2, 0) is 4.74 Å². The molecule has 29 heavy (non-hydrogen) atoms. The zero-order valence-electron chi connectivity index (χ0n) is 17.8. The van der Waals surface area contributed by atoms with E-state index in [0.29, 0.717) is 30.9 Å². The monoisotopic (exact) mass is 398 g/mol. The minimum absolute atomic E-state index is 0.00387. The van der Waals surface area contributed by atoms with Gasteiger partial charge in [-0.25, -0.2) is 9.78 Å². The third-order valence-electron chi connectivity index (χ3n) is 4.87. The lowest BCUT2D eigenvalue weighted by Gasteiger charge is -2.23. The fraction of sp³-hybridized carbons (Fsp3) is 0.500. The molecular weight excluding hydrogens is 368 g/mol. The van der Waals surface area contributed by atoms with Crippen LogP contribution in [-0.4, -0.2) is 35.3 Å².